The highest BCUT2D eigenvalue weighted by Gasteiger charge is 2.25. The fourth-order valence-electron chi connectivity index (χ4n) is 3.13. The summed E-state index contributed by atoms with van der Waals surface area (Å²) < 4.78 is 0. The van der Waals surface area contributed by atoms with Gasteiger partial charge in [-0.2, -0.15) is 0 Å². The second-order valence-electron chi connectivity index (χ2n) is 5.90. The zero-order valence-electron chi connectivity index (χ0n) is 12.2. The molecule has 1 aromatic heterocycles. The van der Waals surface area contributed by atoms with Crippen molar-refractivity contribution in [2.24, 2.45) is 5.92 Å². The lowest BCUT2D eigenvalue weighted by atomic mass is 9.97. The van der Waals surface area contributed by atoms with Crippen LogP contribution in [0.15, 0.2) is 12.1 Å². The normalized spacial score (nSPS) is 20.6. The molecule has 2 saturated heterocycles. The minimum Gasteiger partial charge on any atom is -0.481 e. The zero-order chi connectivity index (χ0) is 14.7. The molecule has 1 aromatic rings. The summed E-state index contributed by atoms with van der Waals surface area (Å²) in [6.45, 7) is 3.62. The molecule has 0 radical (unpaired) electrons. The third-order valence-electron chi connectivity index (χ3n) is 4.48. The Morgan fingerprint density at radius 1 is 0.952 bits per heavy atom. The minimum absolute atomic E-state index is 0.207. The number of nitrogens with zero attached hydrogens (tertiary/aromatic N) is 4. The summed E-state index contributed by atoms with van der Waals surface area (Å²) in [5.74, 6) is 0.932. The number of aromatic nitrogens is 2. The number of hydrogen-bond acceptors (Lipinski definition) is 5. The van der Waals surface area contributed by atoms with E-state index in [1.165, 1.54) is 19.3 Å². The summed E-state index contributed by atoms with van der Waals surface area (Å²) in [5, 5.41) is 17.7. The number of carboxylic acids is 1. The van der Waals surface area contributed by atoms with Crippen LogP contribution in [0.3, 0.4) is 0 Å². The minimum atomic E-state index is -0.679. The van der Waals surface area contributed by atoms with Gasteiger partial charge in [-0.25, -0.2) is 0 Å². The van der Waals surface area contributed by atoms with Crippen LogP contribution in [0, 0.1) is 5.92 Å². The lowest BCUT2D eigenvalue weighted by Gasteiger charge is -2.31. The second-order valence-corrected chi connectivity index (χ2v) is 5.90. The standard InChI is InChI=1S/C15H22N4O2/c20-15(21)12-6-10-19(11-7-12)14-5-4-13(16-17-14)18-8-2-1-3-9-18/h4-5,12H,1-3,6-11H2,(H,20,21). The van der Waals surface area contributed by atoms with E-state index in [0.717, 1.165) is 37.8 Å². The van der Waals surface area contributed by atoms with Crippen molar-refractivity contribution >= 4 is 17.6 Å². The van der Waals surface area contributed by atoms with E-state index in [0.29, 0.717) is 12.8 Å². The third kappa shape index (κ3) is 3.25. The molecule has 6 heteroatoms. The SMILES string of the molecule is O=C(O)C1CCN(c2ccc(N3CCCCC3)nn2)CC1. The monoisotopic (exact) mass is 290 g/mol. The first-order chi connectivity index (χ1) is 10.2. The zero-order valence-corrected chi connectivity index (χ0v) is 12.2. The molecule has 0 bridgehead atoms. The van der Waals surface area contributed by atoms with Gasteiger partial charge in [0.15, 0.2) is 11.6 Å². The van der Waals surface area contributed by atoms with Gasteiger partial charge in [0.2, 0.25) is 0 Å². The van der Waals surface area contributed by atoms with Crippen molar-refractivity contribution in [2.75, 3.05) is 36.0 Å². The quantitative estimate of drug-likeness (QED) is 0.915. The Bertz CT molecular complexity index is 477. The molecule has 3 rings (SSSR count). The molecule has 6 nitrogen and oxygen atoms in total. The number of carboxylic acid groups (broad SMARTS) is 1. The van der Waals surface area contributed by atoms with Gasteiger partial charge in [0, 0.05) is 26.2 Å². The maximum Gasteiger partial charge on any atom is 0.306 e. The number of piperidine rings is 2. The van der Waals surface area contributed by atoms with Gasteiger partial charge >= 0.3 is 5.97 Å². The van der Waals surface area contributed by atoms with E-state index in [9.17, 15) is 4.79 Å². The average Bonchev–Trinajstić information content (AvgIpc) is 2.56. The van der Waals surface area contributed by atoms with Crippen molar-refractivity contribution < 1.29 is 9.90 Å². The maximum atomic E-state index is 11.0. The van der Waals surface area contributed by atoms with E-state index >= 15 is 0 Å². The number of carbonyl (C=O) groups is 1. The largest absolute Gasteiger partial charge is 0.481 e. The molecule has 0 spiro atoms. The molecule has 0 saturated carbocycles. The van der Waals surface area contributed by atoms with Gasteiger partial charge in [-0.3, -0.25) is 4.79 Å². The predicted octanol–water partition coefficient (Wildman–Crippen LogP) is 1.77. The Labute approximate surface area is 124 Å². The average molecular weight is 290 g/mol. The molecular formula is C15H22N4O2. The first-order valence-corrected chi connectivity index (χ1v) is 7.80. The van der Waals surface area contributed by atoms with Gasteiger partial charge in [-0.15, -0.1) is 10.2 Å². The van der Waals surface area contributed by atoms with Crippen molar-refractivity contribution in [3.63, 3.8) is 0 Å². The summed E-state index contributed by atoms with van der Waals surface area (Å²) in [7, 11) is 0. The molecule has 0 aliphatic carbocycles. The summed E-state index contributed by atoms with van der Waals surface area (Å²) in [5.41, 5.74) is 0. The number of aliphatic carboxylic acids is 1. The molecule has 0 aromatic carbocycles. The van der Waals surface area contributed by atoms with Gasteiger partial charge < -0.3 is 14.9 Å². The lowest BCUT2D eigenvalue weighted by Crippen LogP contribution is -2.37. The Morgan fingerprint density at radius 2 is 1.48 bits per heavy atom. The van der Waals surface area contributed by atoms with Gasteiger partial charge in [0.25, 0.3) is 0 Å². The van der Waals surface area contributed by atoms with Crippen molar-refractivity contribution in [1.29, 1.82) is 0 Å². The van der Waals surface area contributed by atoms with Gasteiger partial charge in [-0.05, 0) is 44.2 Å². The molecule has 0 atom stereocenters. The molecule has 2 fully saturated rings. The number of anilines is 2. The van der Waals surface area contributed by atoms with E-state index in [4.69, 9.17) is 5.11 Å². The topological polar surface area (TPSA) is 69.6 Å². The molecule has 2 aliphatic heterocycles. The highest BCUT2D eigenvalue weighted by atomic mass is 16.4. The van der Waals surface area contributed by atoms with Crippen LogP contribution in [-0.2, 0) is 4.79 Å². The smallest absolute Gasteiger partial charge is 0.306 e. The van der Waals surface area contributed by atoms with Crippen LogP contribution < -0.4 is 9.80 Å². The Kier molecular flexibility index (Phi) is 4.22. The predicted molar refractivity (Wildman–Crippen MR) is 80.7 cm³/mol. The fraction of sp³-hybridized carbons (Fsp3) is 0.667. The van der Waals surface area contributed by atoms with Crippen LogP contribution in [0.4, 0.5) is 11.6 Å². The van der Waals surface area contributed by atoms with E-state index in [1.807, 2.05) is 12.1 Å². The number of hydrogen-bond donors (Lipinski definition) is 1. The van der Waals surface area contributed by atoms with Crippen LogP contribution in [0.2, 0.25) is 0 Å². The molecule has 0 unspecified atom stereocenters. The van der Waals surface area contributed by atoms with Gasteiger partial charge in [0.05, 0.1) is 5.92 Å². The Hall–Kier alpha value is -1.85. The van der Waals surface area contributed by atoms with Crippen LogP contribution in [0.1, 0.15) is 32.1 Å². The van der Waals surface area contributed by atoms with Crippen molar-refractivity contribution in [3.8, 4) is 0 Å². The van der Waals surface area contributed by atoms with Crippen LogP contribution in [-0.4, -0.2) is 47.5 Å². The van der Waals surface area contributed by atoms with E-state index in [2.05, 4.69) is 20.0 Å². The first kappa shape index (κ1) is 14.1. The van der Waals surface area contributed by atoms with Crippen LogP contribution in [0.5, 0.6) is 0 Å². The highest BCUT2D eigenvalue weighted by molar-refractivity contribution is 5.70. The van der Waals surface area contributed by atoms with Crippen LogP contribution >= 0.6 is 0 Å². The van der Waals surface area contributed by atoms with Gasteiger partial charge in [0.1, 0.15) is 0 Å². The molecular weight excluding hydrogens is 268 g/mol. The summed E-state index contributed by atoms with van der Waals surface area (Å²) in [4.78, 5) is 15.4. The van der Waals surface area contributed by atoms with E-state index in [1.54, 1.807) is 0 Å². The molecule has 114 valence electrons. The Morgan fingerprint density at radius 3 is 1.95 bits per heavy atom. The molecule has 21 heavy (non-hydrogen) atoms. The maximum absolute atomic E-state index is 11.0. The van der Waals surface area contributed by atoms with E-state index < -0.39 is 5.97 Å². The molecule has 3 heterocycles. The van der Waals surface area contributed by atoms with Crippen molar-refractivity contribution in [1.82, 2.24) is 10.2 Å². The van der Waals surface area contributed by atoms with Crippen LogP contribution in [0.25, 0.3) is 0 Å². The Balaban J connectivity index is 1.61. The third-order valence-corrected chi connectivity index (χ3v) is 4.48. The highest BCUT2D eigenvalue weighted by Crippen LogP contribution is 2.23. The molecule has 2 aliphatic rings. The van der Waals surface area contributed by atoms with Crippen molar-refractivity contribution in [3.05, 3.63) is 12.1 Å². The fourth-order valence-corrected chi connectivity index (χ4v) is 3.13. The molecule has 1 N–H and O–H groups in total. The summed E-state index contributed by atoms with van der Waals surface area (Å²) in [6, 6.07) is 4.05. The van der Waals surface area contributed by atoms with Crippen molar-refractivity contribution in [2.45, 2.75) is 32.1 Å². The second kappa shape index (κ2) is 6.28. The number of rotatable bonds is 3. The summed E-state index contributed by atoms with van der Waals surface area (Å²) in [6.07, 6.45) is 5.13. The summed E-state index contributed by atoms with van der Waals surface area (Å²) >= 11 is 0. The van der Waals surface area contributed by atoms with Gasteiger partial charge in [-0.1, -0.05) is 0 Å². The lowest BCUT2D eigenvalue weighted by molar-refractivity contribution is -0.142. The molecule has 0 amide bonds. The first-order valence-electron chi connectivity index (χ1n) is 7.80. The van der Waals surface area contributed by atoms with E-state index in [-0.39, 0.29) is 5.92 Å².